The quantitative estimate of drug-likeness (QED) is 0.318. The number of likely N-dealkylation sites (N-methyl/N-ethyl adjacent to an activating group) is 1. The van der Waals surface area contributed by atoms with E-state index in [4.69, 9.17) is 4.98 Å². The lowest BCUT2D eigenvalue weighted by Crippen LogP contribution is -2.34. The highest BCUT2D eigenvalue weighted by Gasteiger charge is 2.27. The van der Waals surface area contributed by atoms with E-state index < -0.39 is 5.25 Å². The van der Waals surface area contributed by atoms with E-state index in [1.807, 2.05) is 67.3 Å². The highest BCUT2D eigenvalue weighted by Crippen LogP contribution is 2.36. The van der Waals surface area contributed by atoms with Gasteiger partial charge < -0.3 is 4.90 Å². The minimum absolute atomic E-state index is 0.0127. The first-order valence-electron chi connectivity index (χ1n) is 9.71. The average molecular weight is 408 g/mol. The third-order valence-electron chi connectivity index (χ3n) is 4.76. The van der Waals surface area contributed by atoms with Gasteiger partial charge in [-0.1, -0.05) is 60.3 Å². The number of rotatable bonds is 8. The molecule has 0 radical (unpaired) electrons. The summed E-state index contributed by atoms with van der Waals surface area (Å²) in [7, 11) is 0. The summed E-state index contributed by atoms with van der Waals surface area (Å²) in [5, 5.41) is 0.591. The molecule has 0 spiro atoms. The van der Waals surface area contributed by atoms with E-state index >= 15 is 0 Å². The first-order valence-corrected chi connectivity index (χ1v) is 10.6. The van der Waals surface area contributed by atoms with Crippen LogP contribution in [0.25, 0.3) is 10.9 Å². The monoisotopic (exact) mass is 407 g/mol. The molecule has 0 N–H and O–H groups in total. The second kappa shape index (κ2) is 9.56. The lowest BCUT2D eigenvalue weighted by atomic mass is 10.1. The SMILES string of the molecule is C=CCn1c(S[C@H](C(=O)N(CC)CC)c2ccccc2)nc2ccccc2c1=O. The van der Waals surface area contributed by atoms with E-state index in [2.05, 4.69) is 6.58 Å². The molecule has 1 amide bonds. The van der Waals surface area contributed by atoms with Crippen LogP contribution in [-0.4, -0.2) is 33.4 Å². The zero-order valence-corrected chi connectivity index (χ0v) is 17.6. The lowest BCUT2D eigenvalue weighted by Gasteiger charge is -2.25. The summed E-state index contributed by atoms with van der Waals surface area (Å²) in [5.74, 6) is 0.0127. The predicted molar refractivity (Wildman–Crippen MR) is 119 cm³/mol. The molecule has 3 rings (SSSR count). The van der Waals surface area contributed by atoms with Crippen molar-refractivity contribution in [2.75, 3.05) is 13.1 Å². The van der Waals surface area contributed by atoms with Crippen molar-refractivity contribution in [2.45, 2.75) is 30.8 Å². The van der Waals surface area contributed by atoms with Crippen molar-refractivity contribution in [1.82, 2.24) is 14.5 Å². The van der Waals surface area contributed by atoms with Crippen molar-refractivity contribution >= 4 is 28.6 Å². The number of aromatic nitrogens is 2. The zero-order chi connectivity index (χ0) is 20.8. The molecule has 3 aromatic rings. The molecular formula is C23H25N3O2S. The van der Waals surface area contributed by atoms with Gasteiger partial charge in [-0.15, -0.1) is 6.58 Å². The Morgan fingerprint density at radius 2 is 1.79 bits per heavy atom. The number of hydrogen-bond acceptors (Lipinski definition) is 4. The van der Waals surface area contributed by atoms with E-state index in [0.29, 0.717) is 35.7 Å². The third-order valence-corrected chi connectivity index (χ3v) is 6.00. The minimum Gasteiger partial charge on any atom is -0.342 e. The highest BCUT2D eigenvalue weighted by molar-refractivity contribution is 8.00. The maximum Gasteiger partial charge on any atom is 0.262 e. The summed E-state index contributed by atoms with van der Waals surface area (Å²) in [6.45, 7) is 9.30. The summed E-state index contributed by atoms with van der Waals surface area (Å²) < 4.78 is 1.59. The molecule has 0 saturated heterocycles. The Bertz CT molecular complexity index is 1060. The molecule has 0 saturated carbocycles. The van der Waals surface area contributed by atoms with Gasteiger partial charge in [0.25, 0.3) is 5.56 Å². The molecule has 0 aliphatic rings. The third kappa shape index (κ3) is 4.43. The molecular weight excluding hydrogens is 382 g/mol. The van der Waals surface area contributed by atoms with Crippen LogP contribution in [0.5, 0.6) is 0 Å². The van der Waals surface area contributed by atoms with Crippen molar-refractivity contribution in [3.05, 3.63) is 83.2 Å². The van der Waals surface area contributed by atoms with E-state index in [1.54, 1.807) is 16.7 Å². The van der Waals surface area contributed by atoms with E-state index in [1.165, 1.54) is 11.8 Å². The predicted octanol–water partition coefficient (Wildman–Crippen LogP) is 4.28. The number of allylic oxidation sites excluding steroid dienone is 1. The van der Waals surface area contributed by atoms with Crippen molar-refractivity contribution < 1.29 is 4.79 Å². The number of amides is 1. The van der Waals surface area contributed by atoms with Gasteiger partial charge >= 0.3 is 0 Å². The van der Waals surface area contributed by atoms with Crippen LogP contribution in [0, 0.1) is 0 Å². The van der Waals surface area contributed by atoms with Crippen LogP contribution in [0.4, 0.5) is 0 Å². The van der Waals surface area contributed by atoms with Crippen LogP contribution in [0.3, 0.4) is 0 Å². The van der Waals surface area contributed by atoms with Gasteiger partial charge in [0.05, 0.1) is 10.9 Å². The number of para-hydroxylation sites is 1. The van der Waals surface area contributed by atoms with Crippen LogP contribution in [0.2, 0.25) is 0 Å². The number of benzene rings is 2. The van der Waals surface area contributed by atoms with Crippen LogP contribution in [0.15, 0.2) is 77.2 Å². The summed E-state index contributed by atoms with van der Waals surface area (Å²) in [5.41, 5.74) is 1.39. The largest absolute Gasteiger partial charge is 0.342 e. The molecule has 5 nitrogen and oxygen atoms in total. The fraction of sp³-hybridized carbons (Fsp3) is 0.261. The molecule has 6 heteroatoms. The van der Waals surface area contributed by atoms with Crippen LogP contribution in [-0.2, 0) is 11.3 Å². The number of thioether (sulfide) groups is 1. The fourth-order valence-corrected chi connectivity index (χ4v) is 4.41. The molecule has 29 heavy (non-hydrogen) atoms. The number of carbonyl (C=O) groups excluding carboxylic acids is 1. The summed E-state index contributed by atoms with van der Waals surface area (Å²) >= 11 is 1.32. The van der Waals surface area contributed by atoms with Gasteiger partial charge in [-0.25, -0.2) is 4.98 Å². The number of carbonyl (C=O) groups is 1. The standard InChI is InChI=1S/C23H25N3O2S/c1-4-16-26-21(27)18-14-10-11-15-19(18)24-23(26)29-20(17-12-8-7-9-13-17)22(28)25(5-2)6-3/h4,7-15,20H,1,5-6,16H2,2-3H3/t20-/m0/s1. The topological polar surface area (TPSA) is 55.2 Å². The Labute approximate surface area is 175 Å². The zero-order valence-electron chi connectivity index (χ0n) is 16.7. The van der Waals surface area contributed by atoms with Gasteiger partial charge in [0.15, 0.2) is 5.16 Å². The van der Waals surface area contributed by atoms with E-state index in [9.17, 15) is 9.59 Å². The summed E-state index contributed by atoms with van der Waals surface area (Å²) in [4.78, 5) is 32.9. The number of hydrogen-bond donors (Lipinski definition) is 0. The molecule has 150 valence electrons. The lowest BCUT2D eigenvalue weighted by molar-refractivity contribution is -0.130. The highest BCUT2D eigenvalue weighted by atomic mass is 32.2. The smallest absolute Gasteiger partial charge is 0.262 e. The minimum atomic E-state index is -0.486. The van der Waals surface area contributed by atoms with Gasteiger partial charge in [-0.05, 0) is 31.5 Å². The van der Waals surface area contributed by atoms with Crippen molar-refractivity contribution in [3.63, 3.8) is 0 Å². The maximum absolute atomic E-state index is 13.3. The molecule has 1 heterocycles. The number of nitrogens with zero attached hydrogens (tertiary/aromatic N) is 3. The average Bonchev–Trinajstić information content (AvgIpc) is 2.76. The van der Waals surface area contributed by atoms with Crippen molar-refractivity contribution in [3.8, 4) is 0 Å². The Kier molecular flexibility index (Phi) is 6.88. The first-order chi connectivity index (χ1) is 14.1. The molecule has 1 aromatic heterocycles. The van der Waals surface area contributed by atoms with Gasteiger partial charge in [0.1, 0.15) is 5.25 Å². The molecule has 0 fully saturated rings. The van der Waals surface area contributed by atoms with Crippen molar-refractivity contribution in [1.29, 1.82) is 0 Å². The van der Waals surface area contributed by atoms with E-state index in [0.717, 1.165) is 5.56 Å². The first kappa shape index (κ1) is 20.9. The van der Waals surface area contributed by atoms with Gasteiger partial charge in [0, 0.05) is 19.6 Å². The maximum atomic E-state index is 13.3. The normalized spacial score (nSPS) is 11.9. The van der Waals surface area contributed by atoms with Gasteiger partial charge in [-0.2, -0.15) is 0 Å². The molecule has 0 aliphatic heterocycles. The second-order valence-corrected chi connectivity index (χ2v) is 7.61. The molecule has 0 aliphatic carbocycles. The fourth-order valence-electron chi connectivity index (χ4n) is 3.22. The molecule has 0 unspecified atom stereocenters. The van der Waals surface area contributed by atoms with E-state index in [-0.39, 0.29) is 11.5 Å². The molecule has 1 atom stereocenters. The Morgan fingerprint density at radius 1 is 1.14 bits per heavy atom. The van der Waals surface area contributed by atoms with Gasteiger partial charge in [-0.3, -0.25) is 14.2 Å². The number of fused-ring (bicyclic) bond motifs is 1. The molecule has 0 bridgehead atoms. The second-order valence-electron chi connectivity index (χ2n) is 6.54. The van der Waals surface area contributed by atoms with Crippen LogP contribution < -0.4 is 5.56 Å². The Balaban J connectivity index is 2.13. The van der Waals surface area contributed by atoms with Gasteiger partial charge in [0.2, 0.25) is 5.91 Å². The Morgan fingerprint density at radius 3 is 2.45 bits per heavy atom. The van der Waals surface area contributed by atoms with Crippen LogP contribution in [0.1, 0.15) is 24.7 Å². The summed E-state index contributed by atoms with van der Waals surface area (Å²) in [6.07, 6.45) is 1.67. The summed E-state index contributed by atoms with van der Waals surface area (Å²) in [6, 6.07) is 16.9. The Hall–Kier alpha value is -2.86. The van der Waals surface area contributed by atoms with Crippen molar-refractivity contribution in [2.24, 2.45) is 0 Å². The van der Waals surface area contributed by atoms with Crippen LogP contribution >= 0.6 is 11.8 Å². The molecule has 2 aromatic carbocycles.